The van der Waals surface area contributed by atoms with Gasteiger partial charge in [-0.1, -0.05) is 19.8 Å². The highest BCUT2D eigenvalue weighted by atomic mass is 16.5. The Bertz CT molecular complexity index is 1010. The standard InChI is InChI=1S/C28H42N4O5/c1-4-8-21(26(34)20-10-5-6-11-23(20)33)24(29)27-30-25-18(12-14-35-3)15-36-17-22(25)28(31-27)37-16-19-9-7-13-32(19)2/h18-20H,4-17,29H2,1-3H3/b24-21-/t18-,19-,20-/m0/s1. The predicted molar refractivity (Wildman–Crippen MR) is 140 cm³/mol. The van der Waals surface area contributed by atoms with E-state index in [2.05, 4.69) is 11.9 Å². The first-order valence-electron chi connectivity index (χ1n) is 13.8. The molecule has 3 aliphatic rings. The lowest BCUT2D eigenvalue weighted by Gasteiger charge is -2.28. The van der Waals surface area contributed by atoms with E-state index in [1.807, 2.05) is 6.92 Å². The van der Waals surface area contributed by atoms with E-state index in [-0.39, 0.29) is 23.2 Å². The number of carbonyl (C=O) groups is 2. The number of fused-ring (bicyclic) bond motifs is 1. The van der Waals surface area contributed by atoms with E-state index in [1.165, 1.54) is 0 Å². The molecule has 0 bridgehead atoms. The van der Waals surface area contributed by atoms with Crippen LogP contribution in [-0.2, 0) is 25.7 Å². The Morgan fingerprint density at radius 2 is 2.05 bits per heavy atom. The summed E-state index contributed by atoms with van der Waals surface area (Å²) in [5.74, 6) is 0.0356. The van der Waals surface area contributed by atoms with E-state index >= 15 is 0 Å². The van der Waals surface area contributed by atoms with Gasteiger partial charge in [0.1, 0.15) is 12.4 Å². The first kappa shape index (κ1) is 27.7. The van der Waals surface area contributed by atoms with Crippen LogP contribution in [0.3, 0.4) is 0 Å². The van der Waals surface area contributed by atoms with Crippen LogP contribution in [-0.4, -0.2) is 73.0 Å². The maximum Gasteiger partial charge on any atom is 0.222 e. The first-order chi connectivity index (χ1) is 17.9. The molecule has 204 valence electrons. The molecule has 1 aromatic heterocycles. The van der Waals surface area contributed by atoms with Crippen LogP contribution in [0.2, 0.25) is 0 Å². The Kier molecular flexibility index (Phi) is 9.67. The average molecular weight is 515 g/mol. The summed E-state index contributed by atoms with van der Waals surface area (Å²) in [5.41, 5.74) is 9.08. The van der Waals surface area contributed by atoms with E-state index in [9.17, 15) is 9.59 Å². The molecule has 4 rings (SSSR count). The molecule has 0 amide bonds. The topological polar surface area (TPSA) is 117 Å². The number of hydrogen-bond acceptors (Lipinski definition) is 9. The number of carbonyl (C=O) groups excluding carboxylic acids is 2. The number of likely N-dealkylation sites (N-methyl/N-ethyl adjacent to an activating group) is 1. The molecule has 0 spiro atoms. The zero-order chi connectivity index (χ0) is 26.4. The van der Waals surface area contributed by atoms with Gasteiger partial charge in [0, 0.05) is 37.7 Å². The molecule has 9 heteroatoms. The molecule has 9 nitrogen and oxygen atoms in total. The summed E-state index contributed by atoms with van der Waals surface area (Å²) in [4.78, 5) is 38.1. The fourth-order valence-corrected chi connectivity index (χ4v) is 5.67. The summed E-state index contributed by atoms with van der Waals surface area (Å²) in [5, 5.41) is 0. The summed E-state index contributed by atoms with van der Waals surface area (Å²) in [6, 6.07) is 0.324. The predicted octanol–water partition coefficient (Wildman–Crippen LogP) is 3.40. The van der Waals surface area contributed by atoms with E-state index in [0.29, 0.717) is 69.0 Å². The molecule has 3 heterocycles. The molecule has 0 unspecified atom stereocenters. The first-order valence-corrected chi connectivity index (χ1v) is 13.8. The minimum Gasteiger partial charge on any atom is -0.476 e. The van der Waals surface area contributed by atoms with Gasteiger partial charge >= 0.3 is 0 Å². The van der Waals surface area contributed by atoms with E-state index in [4.69, 9.17) is 29.9 Å². The zero-order valence-corrected chi connectivity index (χ0v) is 22.6. The average Bonchev–Trinajstić information content (AvgIpc) is 3.32. The number of rotatable bonds is 11. The van der Waals surface area contributed by atoms with Gasteiger partial charge in [-0.3, -0.25) is 9.59 Å². The van der Waals surface area contributed by atoms with Gasteiger partial charge in [-0.2, -0.15) is 4.98 Å². The van der Waals surface area contributed by atoms with Crippen LogP contribution in [0.4, 0.5) is 0 Å². The van der Waals surface area contributed by atoms with Crippen molar-refractivity contribution in [2.45, 2.75) is 83.3 Å². The van der Waals surface area contributed by atoms with Gasteiger partial charge < -0.3 is 24.8 Å². The summed E-state index contributed by atoms with van der Waals surface area (Å²) >= 11 is 0. The van der Waals surface area contributed by atoms with Gasteiger partial charge in [0.25, 0.3) is 0 Å². The molecule has 1 saturated heterocycles. The van der Waals surface area contributed by atoms with Gasteiger partial charge in [0.05, 0.1) is 36.1 Å². The van der Waals surface area contributed by atoms with Crippen LogP contribution < -0.4 is 10.5 Å². The number of hydrogen-bond donors (Lipinski definition) is 1. The number of ketones is 2. The molecule has 2 aliphatic heterocycles. The summed E-state index contributed by atoms with van der Waals surface area (Å²) in [6.45, 7) is 5.05. The summed E-state index contributed by atoms with van der Waals surface area (Å²) < 4.78 is 17.5. The number of nitrogens with zero attached hydrogens (tertiary/aromatic N) is 3. The Hall–Kier alpha value is -2.36. The molecule has 2 fully saturated rings. The van der Waals surface area contributed by atoms with Crippen LogP contribution in [0.5, 0.6) is 5.88 Å². The Morgan fingerprint density at radius 3 is 2.76 bits per heavy atom. The fourth-order valence-electron chi connectivity index (χ4n) is 5.67. The molecule has 0 aromatic carbocycles. The smallest absolute Gasteiger partial charge is 0.222 e. The molecule has 1 saturated carbocycles. The van der Waals surface area contributed by atoms with Crippen molar-refractivity contribution in [1.82, 2.24) is 14.9 Å². The monoisotopic (exact) mass is 514 g/mol. The normalized spacial score (nSPS) is 25.1. The highest BCUT2D eigenvalue weighted by Gasteiger charge is 2.34. The molecule has 37 heavy (non-hydrogen) atoms. The highest BCUT2D eigenvalue weighted by molar-refractivity contribution is 6.13. The second kappa shape index (κ2) is 12.9. The number of nitrogens with two attached hydrogens (primary N) is 1. The van der Waals surface area contributed by atoms with E-state index in [0.717, 1.165) is 56.3 Å². The van der Waals surface area contributed by atoms with Crippen molar-refractivity contribution >= 4 is 17.3 Å². The highest BCUT2D eigenvalue weighted by Crippen LogP contribution is 2.35. The van der Waals surface area contributed by atoms with Crippen LogP contribution in [0.15, 0.2) is 5.57 Å². The summed E-state index contributed by atoms with van der Waals surface area (Å²) in [6.07, 6.45) is 6.96. The maximum absolute atomic E-state index is 13.5. The molecule has 1 aromatic rings. The van der Waals surface area contributed by atoms with E-state index in [1.54, 1.807) is 7.11 Å². The number of methoxy groups -OCH3 is 1. The van der Waals surface area contributed by atoms with Crippen LogP contribution in [0, 0.1) is 5.92 Å². The Balaban J connectivity index is 1.73. The van der Waals surface area contributed by atoms with Gasteiger partial charge in [-0.05, 0) is 52.1 Å². The van der Waals surface area contributed by atoms with Crippen molar-refractivity contribution in [3.8, 4) is 5.88 Å². The Morgan fingerprint density at radius 1 is 1.22 bits per heavy atom. The lowest BCUT2D eigenvalue weighted by molar-refractivity contribution is -0.132. The molecular weight excluding hydrogens is 472 g/mol. The van der Waals surface area contributed by atoms with Crippen molar-refractivity contribution in [3.63, 3.8) is 0 Å². The van der Waals surface area contributed by atoms with Crippen LogP contribution >= 0.6 is 0 Å². The van der Waals surface area contributed by atoms with Crippen molar-refractivity contribution < 1.29 is 23.8 Å². The second-order valence-corrected chi connectivity index (χ2v) is 10.6. The van der Waals surface area contributed by atoms with Crippen molar-refractivity contribution in [3.05, 3.63) is 22.7 Å². The van der Waals surface area contributed by atoms with Crippen molar-refractivity contribution in [2.75, 3.05) is 40.5 Å². The van der Waals surface area contributed by atoms with E-state index < -0.39 is 5.92 Å². The third-order valence-corrected chi connectivity index (χ3v) is 7.94. The number of ether oxygens (including phenoxy) is 3. The molecule has 2 N–H and O–H groups in total. The number of Topliss-reactive ketones (excluding diaryl/α,β-unsaturated/α-hetero) is 2. The van der Waals surface area contributed by atoms with Gasteiger partial charge in [0.15, 0.2) is 11.6 Å². The Labute approximate surface area is 220 Å². The third-order valence-electron chi connectivity index (χ3n) is 7.94. The van der Waals surface area contributed by atoms with Crippen LogP contribution in [0.1, 0.15) is 87.7 Å². The van der Waals surface area contributed by atoms with Gasteiger partial charge in [0.2, 0.25) is 5.88 Å². The lowest BCUT2D eigenvalue weighted by atomic mass is 9.81. The maximum atomic E-state index is 13.5. The number of likely N-dealkylation sites (tertiary alicyclic amines) is 1. The molecule has 3 atom stereocenters. The zero-order valence-electron chi connectivity index (χ0n) is 22.6. The minimum absolute atomic E-state index is 0.0139. The minimum atomic E-state index is -0.608. The third kappa shape index (κ3) is 6.38. The molecule has 1 aliphatic carbocycles. The number of aromatic nitrogens is 2. The number of allylic oxidation sites excluding steroid dienone is 1. The van der Waals surface area contributed by atoms with Gasteiger partial charge in [-0.25, -0.2) is 4.98 Å². The largest absolute Gasteiger partial charge is 0.476 e. The fraction of sp³-hybridized carbons (Fsp3) is 0.714. The second-order valence-electron chi connectivity index (χ2n) is 10.6. The lowest BCUT2D eigenvalue weighted by Crippen LogP contribution is -2.32. The van der Waals surface area contributed by atoms with Gasteiger partial charge in [-0.15, -0.1) is 0 Å². The van der Waals surface area contributed by atoms with Crippen molar-refractivity contribution in [1.29, 1.82) is 0 Å². The SMILES string of the molecule is CCC/C(C(=O)[C@H]1CCCCC1=O)=C(/N)c1nc(OC[C@@H]2CCCN2C)c2c(n1)[C@@H](CCOC)COC2. The van der Waals surface area contributed by atoms with Crippen molar-refractivity contribution in [2.24, 2.45) is 11.7 Å². The molecule has 0 radical (unpaired) electrons. The molecular formula is C28H42N4O5. The summed E-state index contributed by atoms with van der Waals surface area (Å²) in [7, 11) is 3.79. The quantitative estimate of drug-likeness (QED) is 0.350. The van der Waals surface area contributed by atoms with Crippen LogP contribution in [0.25, 0.3) is 5.70 Å².